The largest absolute Gasteiger partial charge is 0.455 e. The summed E-state index contributed by atoms with van der Waals surface area (Å²) in [6.07, 6.45) is -4.49. The molecule has 0 spiro atoms. The Bertz CT molecular complexity index is 593. The number of rotatable bonds is 6. The van der Waals surface area contributed by atoms with Gasteiger partial charge in [0.1, 0.15) is 6.54 Å². The van der Waals surface area contributed by atoms with Gasteiger partial charge in [-0.3, -0.25) is 9.59 Å². The van der Waals surface area contributed by atoms with Gasteiger partial charge in [0, 0.05) is 9.37 Å². The third-order valence-electron chi connectivity index (χ3n) is 2.65. The van der Waals surface area contributed by atoms with Crippen LogP contribution in [0.15, 0.2) is 21.5 Å². The maximum Gasteiger partial charge on any atom is 0.405 e. The molecule has 0 saturated heterocycles. The van der Waals surface area contributed by atoms with Gasteiger partial charge >= 0.3 is 12.1 Å². The molecule has 0 atom stereocenters. The lowest BCUT2D eigenvalue weighted by Gasteiger charge is -2.10. The van der Waals surface area contributed by atoms with Crippen LogP contribution in [0.25, 0.3) is 0 Å². The quantitative estimate of drug-likeness (QED) is 0.573. The SMILES string of the molecule is Cc1cc(SCC(=O)OCC(=O)NCC(F)(F)F)c(C)cc1Br. The van der Waals surface area contributed by atoms with E-state index < -0.39 is 31.2 Å². The monoisotopic (exact) mass is 413 g/mol. The molecular weight excluding hydrogens is 399 g/mol. The summed E-state index contributed by atoms with van der Waals surface area (Å²) in [5.74, 6) is -1.69. The summed E-state index contributed by atoms with van der Waals surface area (Å²) >= 11 is 4.64. The molecule has 1 amide bonds. The smallest absolute Gasteiger partial charge is 0.405 e. The fourth-order valence-electron chi connectivity index (χ4n) is 1.48. The molecule has 0 radical (unpaired) electrons. The molecule has 128 valence electrons. The summed E-state index contributed by atoms with van der Waals surface area (Å²) in [5.41, 5.74) is 1.99. The molecule has 9 heteroatoms. The number of ether oxygens (including phenoxy) is 1. The molecule has 0 heterocycles. The Morgan fingerprint density at radius 1 is 1.26 bits per heavy atom. The van der Waals surface area contributed by atoms with Gasteiger partial charge in [-0.1, -0.05) is 15.9 Å². The number of amides is 1. The summed E-state index contributed by atoms with van der Waals surface area (Å²) in [6.45, 7) is 1.63. The molecule has 0 aliphatic carbocycles. The molecule has 0 aliphatic heterocycles. The number of hydrogen-bond donors (Lipinski definition) is 1. The second-order valence-corrected chi connectivity index (χ2v) is 6.58. The molecule has 1 aromatic carbocycles. The molecule has 1 rings (SSSR count). The van der Waals surface area contributed by atoms with Crippen molar-refractivity contribution in [3.05, 3.63) is 27.7 Å². The van der Waals surface area contributed by atoms with Crippen LogP contribution in [-0.4, -0.2) is 37.0 Å². The molecule has 1 N–H and O–H groups in total. The Morgan fingerprint density at radius 2 is 1.91 bits per heavy atom. The highest BCUT2D eigenvalue weighted by Gasteiger charge is 2.27. The zero-order valence-electron chi connectivity index (χ0n) is 12.4. The van der Waals surface area contributed by atoms with E-state index in [-0.39, 0.29) is 5.75 Å². The van der Waals surface area contributed by atoms with Gasteiger partial charge in [-0.05, 0) is 37.1 Å². The van der Waals surface area contributed by atoms with Crippen LogP contribution in [0, 0.1) is 13.8 Å². The van der Waals surface area contributed by atoms with E-state index in [1.54, 1.807) is 5.32 Å². The summed E-state index contributed by atoms with van der Waals surface area (Å²) < 4.78 is 41.3. The van der Waals surface area contributed by atoms with E-state index in [1.165, 1.54) is 11.8 Å². The number of esters is 1. The van der Waals surface area contributed by atoms with Crippen LogP contribution in [0.4, 0.5) is 13.2 Å². The highest BCUT2D eigenvalue weighted by Crippen LogP contribution is 2.28. The minimum atomic E-state index is -4.49. The third kappa shape index (κ3) is 7.74. The van der Waals surface area contributed by atoms with Crippen molar-refractivity contribution >= 4 is 39.6 Å². The van der Waals surface area contributed by atoms with Gasteiger partial charge < -0.3 is 10.1 Å². The van der Waals surface area contributed by atoms with Gasteiger partial charge in [0.05, 0.1) is 5.75 Å². The Hall–Kier alpha value is -1.22. The fraction of sp³-hybridized carbons (Fsp3) is 0.429. The summed E-state index contributed by atoms with van der Waals surface area (Å²) in [7, 11) is 0. The molecule has 23 heavy (non-hydrogen) atoms. The first-order valence-electron chi connectivity index (χ1n) is 6.47. The Kier molecular flexibility index (Phi) is 7.40. The van der Waals surface area contributed by atoms with Crippen LogP contribution in [-0.2, 0) is 14.3 Å². The first-order valence-corrected chi connectivity index (χ1v) is 8.25. The topological polar surface area (TPSA) is 55.4 Å². The molecular formula is C14H15BrF3NO3S. The Morgan fingerprint density at radius 3 is 2.52 bits per heavy atom. The molecule has 1 aromatic rings. The average Bonchev–Trinajstić information content (AvgIpc) is 2.44. The van der Waals surface area contributed by atoms with Crippen LogP contribution < -0.4 is 5.32 Å². The van der Waals surface area contributed by atoms with Crippen LogP contribution in [0.5, 0.6) is 0 Å². The van der Waals surface area contributed by atoms with Crippen molar-refractivity contribution in [2.45, 2.75) is 24.9 Å². The lowest BCUT2D eigenvalue weighted by Crippen LogP contribution is -2.36. The van der Waals surface area contributed by atoms with Crippen molar-refractivity contribution in [3.63, 3.8) is 0 Å². The maximum absolute atomic E-state index is 11.9. The maximum atomic E-state index is 11.9. The third-order valence-corrected chi connectivity index (χ3v) is 4.64. The van der Waals surface area contributed by atoms with Crippen LogP contribution in [0.1, 0.15) is 11.1 Å². The Labute approximate surface area is 144 Å². The van der Waals surface area contributed by atoms with E-state index >= 15 is 0 Å². The van der Waals surface area contributed by atoms with E-state index in [0.29, 0.717) is 0 Å². The molecule has 0 aliphatic rings. The van der Waals surface area contributed by atoms with Crippen molar-refractivity contribution in [2.24, 2.45) is 0 Å². The van der Waals surface area contributed by atoms with Gasteiger partial charge in [-0.2, -0.15) is 13.2 Å². The van der Waals surface area contributed by atoms with E-state index in [9.17, 15) is 22.8 Å². The van der Waals surface area contributed by atoms with Crippen molar-refractivity contribution in [2.75, 3.05) is 18.9 Å². The minimum Gasteiger partial charge on any atom is -0.455 e. The highest BCUT2D eigenvalue weighted by molar-refractivity contribution is 9.10. The number of hydrogen-bond acceptors (Lipinski definition) is 4. The van der Waals surface area contributed by atoms with Crippen LogP contribution >= 0.6 is 27.7 Å². The lowest BCUT2D eigenvalue weighted by atomic mass is 10.2. The van der Waals surface area contributed by atoms with Crippen LogP contribution in [0.2, 0.25) is 0 Å². The molecule has 0 aromatic heterocycles. The van der Waals surface area contributed by atoms with Gasteiger partial charge in [0.15, 0.2) is 6.61 Å². The van der Waals surface area contributed by atoms with Gasteiger partial charge in [-0.15, -0.1) is 11.8 Å². The van der Waals surface area contributed by atoms with Gasteiger partial charge in [-0.25, -0.2) is 0 Å². The summed E-state index contributed by atoms with van der Waals surface area (Å²) in [4.78, 5) is 23.5. The van der Waals surface area contributed by atoms with Crippen molar-refractivity contribution < 1.29 is 27.5 Å². The van der Waals surface area contributed by atoms with Gasteiger partial charge in [0.25, 0.3) is 5.91 Å². The Balaban J connectivity index is 2.38. The number of carbonyl (C=O) groups is 2. The number of halogens is 4. The number of nitrogens with one attached hydrogen (secondary N) is 1. The normalized spacial score (nSPS) is 11.2. The second-order valence-electron chi connectivity index (χ2n) is 4.71. The number of thioether (sulfide) groups is 1. The molecule has 0 bridgehead atoms. The average molecular weight is 414 g/mol. The minimum absolute atomic E-state index is 0.0333. The predicted octanol–water partition coefficient (Wildman–Crippen LogP) is 3.38. The molecule has 0 unspecified atom stereocenters. The van der Waals surface area contributed by atoms with E-state index in [0.717, 1.165) is 20.5 Å². The number of benzene rings is 1. The van der Waals surface area contributed by atoms with Crippen molar-refractivity contribution in [1.82, 2.24) is 5.32 Å². The second kappa shape index (κ2) is 8.58. The summed E-state index contributed by atoms with van der Waals surface area (Å²) in [5, 5.41) is 1.62. The lowest BCUT2D eigenvalue weighted by molar-refractivity contribution is -0.149. The van der Waals surface area contributed by atoms with E-state index in [4.69, 9.17) is 0 Å². The van der Waals surface area contributed by atoms with Crippen molar-refractivity contribution in [1.29, 1.82) is 0 Å². The zero-order valence-corrected chi connectivity index (χ0v) is 14.8. The first-order chi connectivity index (χ1) is 10.6. The summed E-state index contributed by atoms with van der Waals surface area (Å²) in [6, 6.07) is 3.83. The molecule has 0 saturated carbocycles. The van der Waals surface area contributed by atoms with Gasteiger partial charge in [0.2, 0.25) is 0 Å². The van der Waals surface area contributed by atoms with E-state index in [2.05, 4.69) is 20.7 Å². The number of carbonyl (C=O) groups excluding carboxylic acids is 2. The zero-order chi connectivity index (χ0) is 17.6. The first kappa shape index (κ1) is 19.8. The standard InChI is InChI=1S/C14H15BrF3NO3S/c1-8-4-11(9(2)3-10(8)15)23-6-13(21)22-5-12(20)19-7-14(16,17)18/h3-4H,5-7H2,1-2H3,(H,19,20). The van der Waals surface area contributed by atoms with Crippen molar-refractivity contribution in [3.8, 4) is 0 Å². The highest BCUT2D eigenvalue weighted by atomic mass is 79.9. The predicted molar refractivity (Wildman–Crippen MR) is 84.4 cm³/mol. The number of alkyl halides is 3. The molecule has 0 fully saturated rings. The molecule has 4 nitrogen and oxygen atoms in total. The fourth-order valence-corrected chi connectivity index (χ4v) is 2.85. The van der Waals surface area contributed by atoms with E-state index in [1.807, 2.05) is 26.0 Å². The van der Waals surface area contributed by atoms with Crippen LogP contribution in [0.3, 0.4) is 0 Å². The number of aryl methyl sites for hydroxylation is 2.